The van der Waals surface area contributed by atoms with Gasteiger partial charge >= 0.3 is 0 Å². The highest BCUT2D eigenvalue weighted by Gasteiger charge is 2.37. The second-order valence-electron chi connectivity index (χ2n) is 6.42. The standard InChI is InChI=1S/C15H30N2O2/c1-12-4-5-15(12)17-10-13(3-2-7-18)9-14(11-17)16-6-8-19/h12-16,18-19H,2-11H2,1H3. The van der Waals surface area contributed by atoms with E-state index in [0.29, 0.717) is 25.1 Å². The van der Waals surface area contributed by atoms with Gasteiger partial charge < -0.3 is 15.5 Å². The zero-order valence-corrected chi connectivity index (χ0v) is 12.2. The molecule has 0 radical (unpaired) electrons. The van der Waals surface area contributed by atoms with E-state index >= 15 is 0 Å². The van der Waals surface area contributed by atoms with Crippen LogP contribution in [0.3, 0.4) is 0 Å². The van der Waals surface area contributed by atoms with Crippen LogP contribution in [0.5, 0.6) is 0 Å². The van der Waals surface area contributed by atoms with Gasteiger partial charge in [0, 0.05) is 38.3 Å². The van der Waals surface area contributed by atoms with Crippen molar-refractivity contribution in [2.24, 2.45) is 11.8 Å². The molecule has 1 heterocycles. The molecule has 0 aromatic rings. The Morgan fingerprint density at radius 1 is 1.16 bits per heavy atom. The van der Waals surface area contributed by atoms with Crippen molar-refractivity contribution in [3.8, 4) is 0 Å². The van der Waals surface area contributed by atoms with Crippen LogP contribution in [-0.2, 0) is 0 Å². The number of piperidine rings is 1. The molecule has 3 N–H and O–H groups in total. The first kappa shape index (κ1) is 15.2. The maximum atomic E-state index is 9.02. The minimum Gasteiger partial charge on any atom is -0.396 e. The van der Waals surface area contributed by atoms with Crippen molar-refractivity contribution in [3.05, 3.63) is 0 Å². The van der Waals surface area contributed by atoms with Crippen molar-refractivity contribution in [1.82, 2.24) is 10.2 Å². The molecule has 0 bridgehead atoms. The van der Waals surface area contributed by atoms with Crippen molar-refractivity contribution in [2.45, 2.75) is 51.1 Å². The Balaban J connectivity index is 1.87. The Morgan fingerprint density at radius 2 is 2.00 bits per heavy atom. The fourth-order valence-electron chi connectivity index (χ4n) is 3.71. The molecule has 4 atom stereocenters. The molecule has 0 aromatic carbocycles. The molecule has 112 valence electrons. The highest BCUT2D eigenvalue weighted by atomic mass is 16.3. The normalized spacial score (nSPS) is 36.2. The lowest BCUT2D eigenvalue weighted by Crippen LogP contribution is -2.56. The molecule has 4 unspecified atom stereocenters. The van der Waals surface area contributed by atoms with Crippen molar-refractivity contribution < 1.29 is 10.2 Å². The Hall–Kier alpha value is -0.160. The Morgan fingerprint density at radius 3 is 2.58 bits per heavy atom. The van der Waals surface area contributed by atoms with E-state index in [0.717, 1.165) is 31.3 Å². The first-order chi connectivity index (χ1) is 9.24. The van der Waals surface area contributed by atoms with E-state index in [9.17, 15) is 0 Å². The summed E-state index contributed by atoms with van der Waals surface area (Å²) in [5, 5.41) is 21.5. The van der Waals surface area contributed by atoms with Crippen molar-refractivity contribution in [3.63, 3.8) is 0 Å². The lowest BCUT2D eigenvalue weighted by atomic mass is 9.78. The SMILES string of the molecule is CC1CCC1N1CC(CCCO)CC(NCCO)C1. The largest absolute Gasteiger partial charge is 0.396 e. The van der Waals surface area contributed by atoms with E-state index < -0.39 is 0 Å². The number of nitrogens with zero attached hydrogens (tertiary/aromatic N) is 1. The monoisotopic (exact) mass is 270 g/mol. The third-order valence-corrected chi connectivity index (χ3v) is 4.92. The molecule has 2 rings (SSSR count). The van der Waals surface area contributed by atoms with Crippen molar-refractivity contribution in [2.75, 3.05) is 32.8 Å². The van der Waals surface area contributed by atoms with E-state index in [2.05, 4.69) is 17.1 Å². The van der Waals surface area contributed by atoms with Gasteiger partial charge in [0.05, 0.1) is 6.61 Å². The summed E-state index contributed by atoms with van der Waals surface area (Å²) < 4.78 is 0. The molecular weight excluding hydrogens is 240 g/mol. The van der Waals surface area contributed by atoms with Crippen LogP contribution in [0, 0.1) is 11.8 Å². The first-order valence-electron chi connectivity index (χ1n) is 7.93. The Labute approximate surface area is 117 Å². The van der Waals surface area contributed by atoms with Gasteiger partial charge in [0.25, 0.3) is 0 Å². The fourth-order valence-corrected chi connectivity index (χ4v) is 3.71. The van der Waals surface area contributed by atoms with Crippen LogP contribution >= 0.6 is 0 Å². The third-order valence-electron chi connectivity index (χ3n) is 4.92. The smallest absolute Gasteiger partial charge is 0.0556 e. The van der Waals surface area contributed by atoms with Gasteiger partial charge in [-0.1, -0.05) is 6.92 Å². The summed E-state index contributed by atoms with van der Waals surface area (Å²) >= 11 is 0. The van der Waals surface area contributed by atoms with E-state index in [1.165, 1.54) is 25.8 Å². The predicted molar refractivity (Wildman–Crippen MR) is 77.1 cm³/mol. The number of rotatable bonds is 7. The van der Waals surface area contributed by atoms with E-state index in [-0.39, 0.29) is 6.61 Å². The second kappa shape index (κ2) is 7.58. The fraction of sp³-hybridized carbons (Fsp3) is 1.00. The molecule has 0 spiro atoms. The lowest BCUT2D eigenvalue weighted by Gasteiger charge is -2.48. The van der Waals surface area contributed by atoms with Crippen LogP contribution in [0.25, 0.3) is 0 Å². The second-order valence-corrected chi connectivity index (χ2v) is 6.42. The highest BCUT2D eigenvalue weighted by molar-refractivity contribution is 4.92. The van der Waals surface area contributed by atoms with Gasteiger partial charge in [0.1, 0.15) is 0 Å². The van der Waals surface area contributed by atoms with Crippen LogP contribution in [0.2, 0.25) is 0 Å². The predicted octanol–water partition coefficient (Wildman–Crippen LogP) is 0.830. The lowest BCUT2D eigenvalue weighted by molar-refractivity contribution is 0.0194. The number of likely N-dealkylation sites (tertiary alicyclic amines) is 1. The molecule has 4 heteroatoms. The molecule has 2 fully saturated rings. The average Bonchev–Trinajstić information content (AvgIpc) is 2.41. The summed E-state index contributed by atoms with van der Waals surface area (Å²) in [6, 6.07) is 1.28. The van der Waals surface area contributed by atoms with Crippen LogP contribution < -0.4 is 5.32 Å². The van der Waals surface area contributed by atoms with E-state index in [1.807, 2.05) is 0 Å². The number of hydrogen-bond donors (Lipinski definition) is 3. The summed E-state index contributed by atoms with van der Waals surface area (Å²) in [7, 11) is 0. The Kier molecular flexibility index (Phi) is 6.07. The van der Waals surface area contributed by atoms with Gasteiger partial charge in [-0.3, -0.25) is 4.90 Å². The number of aliphatic hydroxyl groups is 2. The van der Waals surface area contributed by atoms with Gasteiger partial charge in [-0.15, -0.1) is 0 Å². The molecule has 1 saturated heterocycles. The summed E-state index contributed by atoms with van der Waals surface area (Å²) in [6.45, 7) is 5.92. The van der Waals surface area contributed by atoms with E-state index in [1.54, 1.807) is 0 Å². The molecule has 0 aromatic heterocycles. The quantitative estimate of drug-likeness (QED) is 0.641. The molecule has 1 saturated carbocycles. The molecule has 0 amide bonds. The molecule has 19 heavy (non-hydrogen) atoms. The van der Waals surface area contributed by atoms with Gasteiger partial charge in [-0.25, -0.2) is 0 Å². The number of hydrogen-bond acceptors (Lipinski definition) is 4. The zero-order valence-electron chi connectivity index (χ0n) is 12.2. The van der Waals surface area contributed by atoms with Crippen LogP contribution in [-0.4, -0.2) is 60.0 Å². The maximum absolute atomic E-state index is 9.02. The summed E-state index contributed by atoms with van der Waals surface area (Å²) in [5.74, 6) is 1.54. The average molecular weight is 270 g/mol. The van der Waals surface area contributed by atoms with Gasteiger partial charge in [-0.2, -0.15) is 0 Å². The summed E-state index contributed by atoms with van der Waals surface area (Å²) in [4.78, 5) is 2.66. The van der Waals surface area contributed by atoms with Crippen molar-refractivity contribution >= 4 is 0 Å². The van der Waals surface area contributed by atoms with Crippen LogP contribution in [0.1, 0.15) is 39.0 Å². The Bertz CT molecular complexity index is 247. The first-order valence-corrected chi connectivity index (χ1v) is 7.93. The summed E-state index contributed by atoms with van der Waals surface area (Å²) in [5.41, 5.74) is 0. The minimum absolute atomic E-state index is 0.220. The molecule has 1 aliphatic carbocycles. The number of nitrogens with one attached hydrogen (secondary N) is 1. The summed E-state index contributed by atoms with van der Waals surface area (Å²) in [6.07, 6.45) is 5.96. The minimum atomic E-state index is 0.220. The van der Waals surface area contributed by atoms with Crippen molar-refractivity contribution in [1.29, 1.82) is 0 Å². The third kappa shape index (κ3) is 4.15. The van der Waals surface area contributed by atoms with Gasteiger partial charge in [-0.05, 0) is 43.9 Å². The topological polar surface area (TPSA) is 55.7 Å². The molecule has 2 aliphatic rings. The molecule has 4 nitrogen and oxygen atoms in total. The molecule has 1 aliphatic heterocycles. The van der Waals surface area contributed by atoms with Crippen LogP contribution in [0.4, 0.5) is 0 Å². The number of aliphatic hydroxyl groups excluding tert-OH is 2. The highest BCUT2D eigenvalue weighted by Crippen LogP contribution is 2.35. The maximum Gasteiger partial charge on any atom is 0.0556 e. The zero-order chi connectivity index (χ0) is 13.7. The van der Waals surface area contributed by atoms with Crippen LogP contribution in [0.15, 0.2) is 0 Å². The molecular formula is C15H30N2O2. The van der Waals surface area contributed by atoms with Gasteiger partial charge in [0.15, 0.2) is 0 Å². The van der Waals surface area contributed by atoms with Gasteiger partial charge in [0.2, 0.25) is 0 Å². The van der Waals surface area contributed by atoms with E-state index in [4.69, 9.17) is 10.2 Å².